The lowest BCUT2D eigenvalue weighted by Gasteiger charge is -2.25. The van der Waals surface area contributed by atoms with E-state index < -0.39 is 0 Å². The van der Waals surface area contributed by atoms with Crippen LogP contribution in [0.2, 0.25) is 10.0 Å². The molecule has 0 atom stereocenters. The third-order valence-corrected chi connectivity index (χ3v) is 3.09. The standard InChI is InChI=1S/C12H15Cl2NO/c13-11-6-10(7-12(14)8-11)9-16-15-4-2-1-3-5-15/h6-8H,1-5,9H2. The fourth-order valence-corrected chi connectivity index (χ4v) is 2.43. The van der Waals surface area contributed by atoms with Crippen molar-refractivity contribution >= 4 is 23.2 Å². The van der Waals surface area contributed by atoms with Gasteiger partial charge in [-0.3, -0.25) is 4.84 Å². The summed E-state index contributed by atoms with van der Waals surface area (Å²) >= 11 is 11.8. The molecule has 0 amide bonds. The molecule has 0 unspecified atom stereocenters. The minimum absolute atomic E-state index is 0.542. The highest BCUT2D eigenvalue weighted by Gasteiger charge is 2.10. The third kappa shape index (κ3) is 3.63. The zero-order valence-corrected chi connectivity index (χ0v) is 10.6. The predicted octanol–water partition coefficient (Wildman–Crippen LogP) is 3.91. The van der Waals surface area contributed by atoms with Crippen molar-refractivity contribution in [2.75, 3.05) is 13.1 Å². The van der Waals surface area contributed by atoms with E-state index in [-0.39, 0.29) is 0 Å². The van der Waals surface area contributed by atoms with Gasteiger partial charge in [0.25, 0.3) is 0 Å². The zero-order valence-electron chi connectivity index (χ0n) is 9.09. The average molecular weight is 260 g/mol. The van der Waals surface area contributed by atoms with Crippen molar-refractivity contribution in [3.05, 3.63) is 33.8 Å². The van der Waals surface area contributed by atoms with Crippen LogP contribution in [0.3, 0.4) is 0 Å². The number of benzene rings is 1. The summed E-state index contributed by atoms with van der Waals surface area (Å²) in [5.41, 5.74) is 1.02. The fourth-order valence-electron chi connectivity index (χ4n) is 1.85. The van der Waals surface area contributed by atoms with Gasteiger partial charge in [0.2, 0.25) is 0 Å². The minimum Gasteiger partial charge on any atom is -0.294 e. The first-order chi connectivity index (χ1) is 7.74. The Morgan fingerprint density at radius 2 is 1.62 bits per heavy atom. The number of hydrogen-bond acceptors (Lipinski definition) is 2. The minimum atomic E-state index is 0.542. The van der Waals surface area contributed by atoms with Crippen LogP contribution in [0.15, 0.2) is 18.2 Å². The Kier molecular flexibility index (Phi) is 4.47. The molecule has 16 heavy (non-hydrogen) atoms. The van der Waals surface area contributed by atoms with Gasteiger partial charge in [-0.25, -0.2) is 0 Å². The molecule has 1 heterocycles. The maximum absolute atomic E-state index is 5.92. The van der Waals surface area contributed by atoms with Crippen LogP contribution in [-0.4, -0.2) is 18.2 Å². The first kappa shape index (κ1) is 12.2. The molecule has 0 radical (unpaired) electrons. The van der Waals surface area contributed by atoms with Crippen LogP contribution >= 0.6 is 23.2 Å². The fraction of sp³-hybridized carbons (Fsp3) is 0.500. The Morgan fingerprint density at radius 1 is 1.00 bits per heavy atom. The molecule has 1 aliphatic heterocycles. The van der Waals surface area contributed by atoms with Crippen molar-refractivity contribution in [1.82, 2.24) is 5.06 Å². The largest absolute Gasteiger partial charge is 0.294 e. The maximum atomic E-state index is 5.92. The second-order valence-corrected chi connectivity index (χ2v) is 4.91. The van der Waals surface area contributed by atoms with Gasteiger partial charge in [-0.05, 0) is 36.6 Å². The van der Waals surface area contributed by atoms with Gasteiger partial charge < -0.3 is 0 Å². The summed E-state index contributed by atoms with van der Waals surface area (Å²) in [6.45, 7) is 2.59. The highest BCUT2D eigenvalue weighted by Crippen LogP contribution is 2.20. The van der Waals surface area contributed by atoms with E-state index in [4.69, 9.17) is 28.0 Å². The maximum Gasteiger partial charge on any atom is 0.0936 e. The lowest BCUT2D eigenvalue weighted by Crippen LogP contribution is -2.29. The Bertz CT molecular complexity index is 331. The molecule has 0 aliphatic carbocycles. The molecular weight excluding hydrogens is 245 g/mol. The first-order valence-electron chi connectivity index (χ1n) is 5.57. The van der Waals surface area contributed by atoms with E-state index in [1.165, 1.54) is 19.3 Å². The lowest BCUT2D eigenvalue weighted by atomic mass is 10.2. The highest BCUT2D eigenvalue weighted by atomic mass is 35.5. The Hall–Kier alpha value is -0.280. The summed E-state index contributed by atoms with van der Waals surface area (Å²) in [7, 11) is 0. The summed E-state index contributed by atoms with van der Waals surface area (Å²) in [6.07, 6.45) is 3.75. The van der Waals surface area contributed by atoms with Crippen molar-refractivity contribution in [2.24, 2.45) is 0 Å². The Labute approximate surface area is 106 Å². The highest BCUT2D eigenvalue weighted by molar-refractivity contribution is 6.34. The van der Waals surface area contributed by atoms with E-state index >= 15 is 0 Å². The summed E-state index contributed by atoms with van der Waals surface area (Å²) in [4.78, 5) is 5.70. The van der Waals surface area contributed by atoms with Crippen molar-refractivity contribution < 1.29 is 4.84 Å². The molecule has 88 valence electrons. The van der Waals surface area contributed by atoms with Crippen molar-refractivity contribution in [2.45, 2.75) is 25.9 Å². The van der Waals surface area contributed by atoms with Gasteiger partial charge in [-0.2, -0.15) is 5.06 Å². The van der Waals surface area contributed by atoms with Gasteiger partial charge in [-0.15, -0.1) is 0 Å². The van der Waals surface area contributed by atoms with Gasteiger partial charge >= 0.3 is 0 Å². The monoisotopic (exact) mass is 259 g/mol. The van der Waals surface area contributed by atoms with E-state index in [1.807, 2.05) is 17.2 Å². The topological polar surface area (TPSA) is 12.5 Å². The molecule has 2 rings (SSSR count). The molecule has 1 saturated heterocycles. The molecular formula is C12H15Cl2NO. The molecule has 0 saturated carbocycles. The molecule has 0 spiro atoms. The second kappa shape index (κ2) is 5.87. The summed E-state index contributed by atoms with van der Waals surface area (Å²) in [6, 6.07) is 5.50. The Balaban J connectivity index is 1.88. The van der Waals surface area contributed by atoms with Crippen LogP contribution in [0, 0.1) is 0 Å². The second-order valence-electron chi connectivity index (χ2n) is 4.04. The molecule has 2 nitrogen and oxygen atoms in total. The third-order valence-electron chi connectivity index (χ3n) is 2.65. The van der Waals surface area contributed by atoms with Gasteiger partial charge in [0.05, 0.1) is 6.61 Å². The summed E-state index contributed by atoms with van der Waals surface area (Å²) in [5, 5.41) is 3.34. The number of hydroxylamine groups is 2. The first-order valence-corrected chi connectivity index (χ1v) is 6.32. The van der Waals surface area contributed by atoms with Gasteiger partial charge in [0.15, 0.2) is 0 Å². The van der Waals surface area contributed by atoms with Crippen LogP contribution in [0.4, 0.5) is 0 Å². The number of rotatable bonds is 3. The smallest absolute Gasteiger partial charge is 0.0936 e. The van der Waals surface area contributed by atoms with Gasteiger partial charge in [0, 0.05) is 23.1 Å². The van der Waals surface area contributed by atoms with Crippen molar-refractivity contribution in [3.8, 4) is 0 Å². The number of halogens is 2. The van der Waals surface area contributed by atoms with Crippen LogP contribution in [-0.2, 0) is 11.4 Å². The average Bonchev–Trinajstić information content (AvgIpc) is 2.27. The lowest BCUT2D eigenvalue weighted by molar-refractivity contribution is -0.178. The van der Waals surface area contributed by atoms with Gasteiger partial charge in [0.1, 0.15) is 0 Å². The van der Waals surface area contributed by atoms with Crippen LogP contribution in [0.5, 0.6) is 0 Å². The summed E-state index contributed by atoms with van der Waals surface area (Å²) in [5.74, 6) is 0. The Morgan fingerprint density at radius 3 is 2.25 bits per heavy atom. The molecule has 0 N–H and O–H groups in total. The SMILES string of the molecule is Clc1cc(Cl)cc(CON2CCCCC2)c1. The molecule has 1 aromatic carbocycles. The molecule has 1 aromatic rings. The summed E-state index contributed by atoms with van der Waals surface area (Å²) < 4.78 is 0. The van der Waals surface area contributed by atoms with Crippen LogP contribution < -0.4 is 0 Å². The number of piperidine rings is 1. The van der Waals surface area contributed by atoms with Crippen molar-refractivity contribution in [1.29, 1.82) is 0 Å². The normalized spacial score (nSPS) is 17.6. The quantitative estimate of drug-likeness (QED) is 0.816. The number of hydrogen-bond donors (Lipinski definition) is 0. The van der Waals surface area contributed by atoms with Crippen molar-refractivity contribution in [3.63, 3.8) is 0 Å². The molecule has 4 heteroatoms. The van der Waals surface area contributed by atoms with Gasteiger partial charge in [-0.1, -0.05) is 29.6 Å². The molecule has 0 bridgehead atoms. The van der Waals surface area contributed by atoms with E-state index in [0.29, 0.717) is 16.7 Å². The van der Waals surface area contributed by atoms with E-state index in [0.717, 1.165) is 18.7 Å². The van der Waals surface area contributed by atoms with E-state index in [9.17, 15) is 0 Å². The predicted molar refractivity (Wildman–Crippen MR) is 66.7 cm³/mol. The van der Waals surface area contributed by atoms with E-state index in [2.05, 4.69) is 0 Å². The molecule has 1 aliphatic rings. The molecule has 1 fully saturated rings. The number of nitrogens with zero attached hydrogens (tertiary/aromatic N) is 1. The van der Waals surface area contributed by atoms with E-state index in [1.54, 1.807) is 6.07 Å². The van der Waals surface area contributed by atoms with Crippen LogP contribution in [0.25, 0.3) is 0 Å². The zero-order chi connectivity index (χ0) is 11.4. The van der Waals surface area contributed by atoms with Crippen LogP contribution in [0.1, 0.15) is 24.8 Å². The molecule has 0 aromatic heterocycles.